The number of rotatable bonds is 0. The molecule has 1 aromatic heterocycles. The maximum Gasteiger partial charge on any atom is 0.183 e. The molecule has 0 aromatic carbocycles. The van der Waals surface area contributed by atoms with Crippen LogP contribution in [0.4, 0.5) is 0 Å². The molecule has 1 aromatic rings. The molecule has 0 aliphatic rings. The van der Waals surface area contributed by atoms with Crippen molar-refractivity contribution in [2.24, 2.45) is 0 Å². The second-order valence-electron chi connectivity index (χ2n) is 1.29. The smallest absolute Gasteiger partial charge is 0.183 e. The molecule has 0 aliphatic carbocycles. The minimum Gasteiger partial charge on any atom is -0.323 e. The minimum absolute atomic E-state index is 0.606. The minimum atomic E-state index is 0.606. The molecule has 4 heteroatoms. The first-order valence-electron chi connectivity index (χ1n) is 2.44. The maximum atomic E-state index is 5.36. The highest BCUT2D eigenvalue weighted by molar-refractivity contribution is 7.13. The Labute approximate surface area is 63.9 Å². The second-order valence-corrected chi connectivity index (χ2v) is 2.76. The number of nitrogens with one attached hydrogen (secondary N) is 1. The van der Waals surface area contributed by atoms with Crippen LogP contribution in [0.2, 0.25) is 4.47 Å². The molecule has 0 bridgehead atoms. The van der Waals surface area contributed by atoms with Crippen LogP contribution in [-0.4, -0.2) is 19.1 Å². The van der Waals surface area contributed by atoms with Crippen molar-refractivity contribution in [1.29, 1.82) is 0 Å². The molecule has 0 fully saturated rings. The van der Waals surface area contributed by atoms with E-state index in [2.05, 4.69) is 10.3 Å². The summed E-state index contributed by atoms with van der Waals surface area (Å²) < 4.78 is 0.606. The molecule has 2 nitrogen and oxygen atoms in total. The van der Waals surface area contributed by atoms with Crippen LogP contribution in [0.25, 0.3) is 0 Å². The molecule has 1 rings (SSSR count). The summed E-state index contributed by atoms with van der Waals surface area (Å²) in [6.45, 7) is 0. The van der Waals surface area contributed by atoms with E-state index in [1.54, 1.807) is 6.20 Å². The van der Waals surface area contributed by atoms with Crippen LogP contribution < -0.4 is 5.32 Å². The summed E-state index contributed by atoms with van der Waals surface area (Å²) in [5, 5.41) is 4.59. The Morgan fingerprint density at radius 1 is 1.67 bits per heavy atom. The molecule has 0 aliphatic heterocycles. The van der Waals surface area contributed by atoms with Gasteiger partial charge in [0.1, 0.15) is 0 Å². The van der Waals surface area contributed by atoms with Crippen LogP contribution in [0.5, 0.6) is 0 Å². The lowest BCUT2D eigenvalue weighted by Crippen LogP contribution is -1.89. The molecule has 1 N–H and O–H groups in total. The lowest BCUT2D eigenvalue weighted by molar-refractivity contribution is 1.02. The summed E-state index contributed by atoms with van der Waals surface area (Å²) in [7, 11) is 3.75. The lowest BCUT2D eigenvalue weighted by atomic mass is 11.0. The van der Waals surface area contributed by atoms with Gasteiger partial charge in [-0.2, -0.15) is 0 Å². The zero-order valence-corrected chi connectivity index (χ0v) is 6.96. The van der Waals surface area contributed by atoms with Crippen molar-refractivity contribution in [1.82, 2.24) is 10.3 Å². The highest BCUT2D eigenvalue weighted by Crippen LogP contribution is 2.08. The maximum absolute atomic E-state index is 5.36. The molecular formula is C5H9ClN2S. The van der Waals surface area contributed by atoms with Crippen LogP contribution in [0, 0.1) is 0 Å². The normalized spacial score (nSPS) is 7.89. The van der Waals surface area contributed by atoms with E-state index < -0.39 is 0 Å². The Hall–Kier alpha value is -0.120. The van der Waals surface area contributed by atoms with Gasteiger partial charge in [0.15, 0.2) is 4.47 Å². The van der Waals surface area contributed by atoms with Gasteiger partial charge in [-0.25, -0.2) is 4.98 Å². The van der Waals surface area contributed by atoms with Gasteiger partial charge < -0.3 is 5.32 Å². The van der Waals surface area contributed by atoms with Crippen molar-refractivity contribution >= 4 is 22.9 Å². The van der Waals surface area contributed by atoms with E-state index in [1.165, 1.54) is 11.3 Å². The predicted molar refractivity (Wildman–Crippen MR) is 42.1 cm³/mol. The summed E-state index contributed by atoms with van der Waals surface area (Å²) in [6, 6.07) is 0. The van der Waals surface area contributed by atoms with Crippen molar-refractivity contribution in [3.63, 3.8) is 0 Å². The third-order valence-electron chi connectivity index (χ3n) is 0.402. The van der Waals surface area contributed by atoms with Gasteiger partial charge in [-0.1, -0.05) is 11.6 Å². The summed E-state index contributed by atoms with van der Waals surface area (Å²) >= 11 is 6.79. The van der Waals surface area contributed by atoms with E-state index >= 15 is 0 Å². The standard InChI is InChI=1S/C3H2ClNS.C2H7N/c4-3-5-1-2-6-3;1-3-2/h1-2H;3H,1-2H3. The molecular weight excluding hydrogens is 156 g/mol. The van der Waals surface area contributed by atoms with Gasteiger partial charge in [-0.15, -0.1) is 11.3 Å². The fourth-order valence-corrected chi connectivity index (χ4v) is 0.772. The van der Waals surface area contributed by atoms with Crippen LogP contribution >= 0.6 is 22.9 Å². The van der Waals surface area contributed by atoms with Crippen molar-refractivity contribution in [2.45, 2.75) is 0 Å². The number of nitrogens with zero attached hydrogens (tertiary/aromatic N) is 1. The molecule has 52 valence electrons. The Bertz CT molecular complexity index is 130. The topological polar surface area (TPSA) is 24.9 Å². The third kappa shape index (κ3) is 5.76. The van der Waals surface area contributed by atoms with Crippen molar-refractivity contribution < 1.29 is 0 Å². The molecule has 0 radical (unpaired) electrons. The Morgan fingerprint density at radius 3 is 2.33 bits per heavy atom. The van der Waals surface area contributed by atoms with Gasteiger partial charge in [0.25, 0.3) is 0 Å². The largest absolute Gasteiger partial charge is 0.323 e. The number of halogens is 1. The molecule has 0 spiro atoms. The zero-order valence-electron chi connectivity index (χ0n) is 5.39. The molecule has 9 heavy (non-hydrogen) atoms. The summed E-state index contributed by atoms with van der Waals surface area (Å²) in [6.07, 6.45) is 1.67. The number of hydrogen-bond acceptors (Lipinski definition) is 3. The number of aromatic nitrogens is 1. The molecule has 0 amide bonds. The van der Waals surface area contributed by atoms with Gasteiger partial charge in [0, 0.05) is 11.6 Å². The van der Waals surface area contributed by atoms with Crippen LogP contribution in [0.1, 0.15) is 0 Å². The fraction of sp³-hybridized carbons (Fsp3) is 0.400. The van der Waals surface area contributed by atoms with E-state index in [0.717, 1.165) is 0 Å². The molecule has 1 heterocycles. The predicted octanol–water partition coefficient (Wildman–Crippen LogP) is 1.63. The van der Waals surface area contributed by atoms with Crippen molar-refractivity contribution in [2.75, 3.05) is 14.1 Å². The van der Waals surface area contributed by atoms with Crippen molar-refractivity contribution in [3.8, 4) is 0 Å². The second kappa shape index (κ2) is 6.01. The third-order valence-corrected chi connectivity index (χ3v) is 1.32. The quantitative estimate of drug-likeness (QED) is 0.631. The zero-order chi connectivity index (χ0) is 7.11. The Kier molecular flexibility index (Phi) is 5.93. The van der Waals surface area contributed by atoms with Crippen LogP contribution in [-0.2, 0) is 0 Å². The summed E-state index contributed by atoms with van der Waals surface area (Å²) in [5.41, 5.74) is 0. The van der Waals surface area contributed by atoms with Crippen LogP contribution in [0.15, 0.2) is 11.6 Å². The van der Waals surface area contributed by atoms with E-state index in [1.807, 2.05) is 19.5 Å². The van der Waals surface area contributed by atoms with Crippen LogP contribution in [0.3, 0.4) is 0 Å². The summed E-state index contributed by atoms with van der Waals surface area (Å²) in [5.74, 6) is 0. The van der Waals surface area contributed by atoms with Gasteiger partial charge in [-0.3, -0.25) is 0 Å². The lowest BCUT2D eigenvalue weighted by Gasteiger charge is -1.61. The molecule has 0 unspecified atom stereocenters. The molecule has 0 saturated carbocycles. The number of thiazole rings is 1. The highest BCUT2D eigenvalue weighted by Gasteiger charge is 1.79. The first kappa shape index (κ1) is 8.88. The fourth-order valence-electron chi connectivity index (χ4n) is 0.206. The average molecular weight is 165 g/mol. The van der Waals surface area contributed by atoms with E-state index in [4.69, 9.17) is 11.6 Å². The molecule has 0 saturated heterocycles. The Morgan fingerprint density at radius 2 is 2.22 bits per heavy atom. The van der Waals surface area contributed by atoms with E-state index in [-0.39, 0.29) is 0 Å². The van der Waals surface area contributed by atoms with Gasteiger partial charge in [0.05, 0.1) is 0 Å². The van der Waals surface area contributed by atoms with Gasteiger partial charge >= 0.3 is 0 Å². The van der Waals surface area contributed by atoms with Gasteiger partial charge in [-0.05, 0) is 14.1 Å². The highest BCUT2D eigenvalue weighted by atomic mass is 35.5. The van der Waals surface area contributed by atoms with Gasteiger partial charge in [0.2, 0.25) is 0 Å². The van der Waals surface area contributed by atoms with E-state index in [9.17, 15) is 0 Å². The van der Waals surface area contributed by atoms with E-state index in [0.29, 0.717) is 4.47 Å². The molecule has 0 atom stereocenters. The summed E-state index contributed by atoms with van der Waals surface area (Å²) in [4.78, 5) is 3.70. The first-order valence-corrected chi connectivity index (χ1v) is 3.70. The first-order chi connectivity index (χ1) is 4.31. The average Bonchev–Trinajstić information content (AvgIpc) is 2.20. The Balaban J connectivity index is 0.000000187. The monoisotopic (exact) mass is 164 g/mol. The number of hydrogen-bond donors (Lipinski definition) is 1. The van der Waals surface area contributed by atoms with Crippen molar-refractivity contribution in [3.05, 3.63) is 16.0 Å². The SMILES string of the molecule is CNC.Clc1nccs1.